The number of fused-ring (bicyclic) bond motifs is 2. The van der Waals surface area contributed by atoms with E-state index in [9.17, 15) is 0 Å². The van der Waals surface area contributed by atoms with Gasteiger partial charge in [0.1, 0.15) is 0 Å². The molecule has 226 valence electrons. The van der Waals surface area contributed by atoms with E-state index >= 15 is 0 Å². The Balaban J connectivity index is 0.000000447. The van der Waals surface area contributed by atoms with E-state index < -0.39 is 0 Å². The number of benzene rings is 8. The normalized spacial score (nSPS) is 10.7. The Kier molecular flexibility index (Phi) is 8.48. The van der Waals surface area contributed by atoms with Crippen LogP contribution in [0.3, 0.4) is 0 Å². The number of nitrogen functional groups attached to an aromatic ring is 1. The lowest BCUT2D eigenvalue weighted by molar-refractivity contribution is 1.48. The topological polar surface area (TPSA) is 38.0 Å². The van der Waals surface area contributed by atoms with Crippen LogP contribution >= 0.6 is 0 Å². The minimum absolute atomic E-state index is 0.731. The predicted molar refractivity (Wildman–Crippen MR) is 203 cm³/mol. The molecule has 3 N–H and O–H groups in total. The second kappa shape index (κ2) is 13.5. The van der Waals surface area contributed by atoms with Gasteiger partial charge in [-0.25, -0.2) is 0 Å². The highest BCUT2D eigenvalue weighted by atomic mass is 14.9. The van der Waals surface area contributed by atoms with Crippen molar-refractivity contribution in [2.24, 2.45) is 0 Å². The SMILES string of the molecule is Cc1ccccc1.Nc1ccccc1Nc1ccc(-c2c3ccccc3c(-c3ccccc3-c3ccccc3)c3ccccc23)cc1. The summed E-state index contributed by atoms with van der Waals surface area (Å²) in [7, 11) is 0. The van der Waals surface area contributed by atoms with Crippen molar-refractivity contribution in [3.63, 3.8) is 0 Å². The zero-order valence-corrected chi connectivity index (χ0v) is 26.4. The minimum Gasteiger partial charge on any atom is -0.397 e. The molecule has 0 atom stereocenters. The van der Waals surface area contributed by atoms with Crippen molar-refractivity contribution in [1.29, 1.82) is 0 Å². The lowest BCUT2D eigenvalue weighted by Gasteiger charge is -2.20. The molecular formula is C45H36N2. The van der Waals surface area contributed by atoms with E-state index in [1.54, 1.807) is 0 Å². The quantitative estimate of drug-likeness (QED) is 0.151. The number of hydrogen-bond acceptors (Lipinski definition) is 2. The lowest BCUT2D eigenvalue weighted by atomic mass is 9.84. The van der Waals surface area contributed by atoms with Crippen LogP contribution in [0.15, 0.2) is 182 Å². The van der Waals surface area contributed by atoms with Gasteiger partial charge in [-0.3, -0.25) is 0 Å². The van der Waals surface area contributed by atoms with Crippen LogP contribution in [0, 0.1) is 6.92 Å². The van der Waals surface area contributed by atoms with Crippen molar-refractivity contribution in [3.8, 4) is 33.4 Å². The Labute approximate surface area is 276 Å². The fourth-order valence-electron chi connectivity index (χ4n) is 6.32. The average molecular weight is 605 g/mol. The van der Waals surface area contributed by atoms with E-state index in [4.69, 9.17) is 5.73 Å². The maximum atomic E-state index is 6.16. The monoisotopic (exact) mass is 604 g/mol. The van der Waals surface area contributed by atoms with Crippen molar-refractivity contribution in [3.05, 3.63) is 188 Å². The first-order valence-electron chi connectivity index (χ1n) is 16.0. The average Bonchev–Trinajstić information content (AvgIpc) is 3.13. The van der Waals surface area contributed by atoms with Gasteiger partial charge in [-0.15, -0.1) is 0 Å². The van der Waals surface area contributed by atoms with Gasteiger partial charge in [-0.2, -0.15) is 0 Å². The van der Waals surface area contributed by atoms with Crippen LogP contribution in [0.25, 0.3) is 54.9 Å². The van der Waals surface area contributed by atoms with Gasteiger partial charge in [0.2, 0.25) is 0 Å². The molecule has 47 heavy (non-hydrogen) atoms. The molecule has 0 aliphatic heterocycles. The van der Waals surface area contributed by atoms with Gasteiger partial charge in [0.05, 0.1) is 11.4 Å². The van der Waals surface area contributed by atoms with E-state index in [-0.39, 0.29) is 0 Å². The summed E-state index contributed by atoms with van der Waals surface area (Å²) < 4.78 is 0. The van der Waals surface area contributed by atoms with Crippen LogP contribution in [-0.2, 0) is 0 Å². The maximum absolute atomic E-state index is 6.16. The summed E-state index contributed by atoms with van der Waals surface area (Å²) in [4.78, 5) is 0. The third kappa shape index (κ3) is 6.22. The van der Waals surface area contributed by atoms with Gasteiger partial charge in [-0.1, -0.05) is 163 Å². The molecule has 0 heterocycles. The van der Waals surface area contributed by atoms with E-state index in [0.717, 1.165) is 17.1 Å². The summed E-state index contributed by atoms with van der Waals surface area (Å²) in [5, 5.41) is 8.44. The molecule has 0 aromatic heterocycles. The molecule has 2 heteroatoms. The van der Waals surface area contributed by atoms with Gasteiger partial charge >= 0.3 is 0 Å². The van der Waals surface area contributed by atoms with Crippen LogP contribution in [0.4, 0.5) is 17.1 Å². The molecule has 0 aliphatic rings. The summed E-state index contributed by atoms with van der Waals surface area (Å²) in [6.07, 6.45) is 0. The van der Waals surface area contributed by atoms with Crippen LogP contribution in [0.2, 0.25) is 0 Å². The summed E-state index contributed by atoms with van der Waals surface area (Å²) >= 11 is 0. The first kappa shape index (κ1) is 29.6. The number of hydrogen-bond donors (Lipinski definition) is 2. The van der Waals surface area contributed by atoms with Gasteiger partial charge in [0.25, 0.3) is 0 Å². The fourth-order valence-corrected chi connectivity index (χ4v) is 6.32. The number of para-hydroxylation sites is 2. The van der Waals surface area contributed by atoms with Gasteiger partial charge in [0.15, 0.2) is 0 Å². The smallest absolute Gasteiger partial charge is 0.0617 e. The molecule has 8 rings (SSSR count). The zero-order chi connectivity index (χ0) is 32.0. The van der Waals surface area contributed by atoms with Crippen molar-refractivity contribution in [2.45, 2.75) is 6.92 Å². The molecule has 2 nitrogen and oxygen atoms in total. The number of nitrogens with two attached hydrogens (primary N) is 1. The van der Waals surface area contributed by atoms with Crippen molar-refractivity contribution in [2.75, 3.05) is 11.1 Å². The fraction of sp³-hybridized carbons (Fsp3) is 0.0222. The molecular weight excluding hydrogens is 569 g/mol. The maximum Gasteiger partial charge on any atom is 0.0617 e. The van der Waals surface area contributed by atoms with Crippen LogP contribution < -0.4 is 11.1 Å². The summed E-state index contributed by atoms with van der Waals surface area (Å²) in [5.41, 5.74) is 17.5. The molecule has 0 radical (unpaired) electrons. The standard InChI is InChI=1S/C38H28N2.C7H8/c39-35-20-10-11-21-36(35)40-28-24-22-27(23-25-28)37-31-16-6-8-18-33(31)38(34-19-9-7-17-32(34)37)30-15-5-4-14-29(30)26-12-2-1-3-13-26;1-7-5-3-2-4-6-7/h1-25,40H,39H2;2-6H,1H3. The van der Waals surface area contributed by atoms with Gasteiger partial charge < -0.3 is 11.1 Å². The van der Waals surface area contributed by atoms with Gasteiger partial charge in [0, 0.05) is 5.69 Å². The summed E-state index contributed by atoms with van der Waals surface area (Å²) in [6.45, 7) is 2.08. The second-order valence-corrected chi connectivity index (χ2v) is 11.7. The molecule has 0 aliphatic carbocycles. The summed E-state index contributed by atoms with van der Waals surface area (Å²) in [6, 6.07) is 63.8. The van der Waals surface area contributed by atoms with Crippen molar-refractivity contribution in [1.82, 2.24) is 0 Å². The molecule has 8 aromatic carbocycles. The number of anilines is 3. The Morgan fingerprint density at radius 2 is 0.851 bits per heavy atom. The Morgan fingerprint density at radius 1 is 0.383 bits per heavy atom. The predicted octanol–water partition coefficient (Wildman–Crippen LogP) is 12.3. The highest BCUT2D eigenvalue weighted by molar-refractivity contribution is 6.22. The third-order valence-electron chi connectivity index (χ3n) is 8.57. The number of aryl methyl sites for hydroxylation is 1. The van der Waals surface area contributed by atoms with Crippen LogP contribution in [0.1, 0.15) is 5.56 Å². The molecule has 0 saturated carbocycles. The Bertz CT molecular complexity index is 2210. The van der Waals surface area contributed by atoms with E-state index in [2.05, 4.69) is 152 Å². The summed E-state index contributed by atoms with van der Waals surface area (Å²) in [5.74, 6) is 0. The Hall–Kier alpha value is -6.12. The van der Waals surface area contributed by atoms with E-state index in [1.807, 2.05) is 42.5 Å². The first-order valence-corrected chi connectivity index (χ1v) is 16.0. The van der Waals surface area contributed by atoms with E-state index in [1.165, 1.54) is 60.5 Å². The molecule has 0 bridgehead atoms. The largest absolute Gasteiger partial charge is 0.397 e. The van der Waals surface area contributed by atoms with E-state index in [0.29, 0.717) is 0 Å². The van der Waals surface area contributed by atoms with Crippen LogP contribution in [-0.4, -0.2) is 0 Å². The molecule has 8 aromatic rings. The molecule has 0 unspecified atom stereocenters. The molecule has 0 saturated heterocycles. The van der Waals surface area contributed by atoms with Crippen molar-refractivity contribution >= 4 is 38.6 Å². The number of nitrogens with one attached hydrogen (secondary N) is 1. The number of rotatable bonds is 5. The zero-order valence-electron chi connectivity index (χ0n) is 26.4. The minimum atomic E-state index is 0.731. The lowest BCUT2D eigenvalue weighted by Crippen LogP contribution is -1.96. The highest BCUT2D eigenvalue weighted by Gasteiger charge is 2.18. The Morgan fingerprint density at radius 3 is 1.40 bits per heavy atom. The molecule has 0 fully saturated rings. The third-order valence-corrected chi connectivity index (χ3v) is 8.57. The highest BCUT2D eigenvalue weighted by Crippen LogP contribution is 2.46. The van der Waals surface area contributed by atoms with Crippen molar-refractivity contribution < 1.29 is 0 Å². The van der Waals surface area contributed by atoms with Gasteiger partial charge in [-0.05, 0) is 86.1 Å². The molecule has 0 spiro atoms. The first-order chi connectivity index (χ1) is 23.2. The molecule has 0 amide bonds. The van der Waals surface area contributed by atoms with Crippen LogP contribution in [0.5, 0.6) is 0 Å². The second-order valence-electron chi connectivity index (χ2n) is 11.7.